The Morgan fingerprint density at radius 1 is 1.33 bits per heavy atom. The van der Waals surface area contributed by atoms with Crippen LogP contribution in [-0.4, -0.2) is 9.97 Å². The third-order valence-corrected chi connectivity index (χ3v) is 2.80. The highest BCUT2D eigenvalue weighted by atomic mass is 127. The van der Waals surface area contributed by atoms with Crippen LogP contribution >= 0.6 is 22.6 Å². The average molecular weight is 354 g/mol. The summed E-state index contributed by atoms with van der Waals surface area (Å²) in [7, 11) is 0. The lowest BCUT2D eigenvalue weighted by Crippen LogP contribution is -2.05. The number of benzene rings is 1. The summed E-state index contributed by atoms with van der Waals surface area (Å²) < 4.78 is 14.5. The zero-order chi connectivity index (χ0) is 13.0. The first-order valence-electron chi connectivity index (χ1n) is 5.09. The lowest BCUT2D eigenvalue weighted by molar-refractivity contribution is 0.612. The number of halogens is 2. The summed E-state index contributed by atoms with van der Waals surface area (Å²) in [6, 6.07) is 6.26. The molecule has 0 fully saturated rings. The van der Waals surface area contributed by atoms with Gasteiger partial charge >= 0.3 is 0 Å². The molecule has 18 heavy (non-hydrogen) atoms. The SMILES string of the molecule is N#Cc1ccc(CNc2ncc(I)cn2)c(F)c1. The molecule has 0 radical (unpaired) electrons. The molecular formula is C12H8FIN4. The molecule has 1 aromatic heterocycles. The summed E-state index contributed by atoms with van der Waals surface area (Å²) >= 11 is 2.11. The highest BCUT2D eigenvalue weighted by Gasteiger charge is 2.04. The van der Waals surface area contributed by atoms with Crippen LogP contribution in [0.15, 0.2) is 30.6 Å². The van der Waals surface area contributed by atoms with Crippen LogP contribution in [0.3, 0.4) is 0 Å². The van der Waals surface area contributed by atoms with E-state index in [1.807, 2.05) is 6.07 Å². The van der Waals surface area contributed by atoms with Gasteiger partial charge in [-0.05, 0) is 34.7 Å². The minimum Gasteiger partial charge on any atom is -0.350 e. The van der Waals surface area contributed by atoms with Crippen molar-refractivity contribution in [3.8, 4) is 6.07 Å². The van der Waals surface area contributed by atoms with Crippen LogP contribution in [0.1, 0.15) is 11.1 Å². The summed E-state index contributed by atoms with van der Waals surface area (Å²) in [5.74, 6) is 0.0336. The fraction of sp³-hybridized carbons (Fsp3) is 0.0833. The standard InChI is InChI=1S/C12H8FIN4/c13-11-3-8(4-15)1-2-9(11)5-16-12-17-6-10(14)7-18-12/h1-3,6-7H,5H2,(H,16,17,18). The summed E-state index contributed by atoms with van der Waals surface area (Å²) in [5.41, 5.74) is 0.776. The minimum absolute atomic E-state index is 0.276. The van der Waals surface area contributed by atoms with Gasteiger partial charge in [-0.15, -0.1) is 0 Å². The number of aromatic nitrogens is 2. The van der Waals surface area contributed by atoms with Gasteiger partial charge in [-0.25, -0.2) is 14.4 Å². The molecule has 1 aromatic carbocycles. The number of rotatable bonds is 3. The molecule has 0 aliphatic rings. The topological polar surface area (TPSA) is 61.6 Å². The summed E-state index contributed by atoms with van der Waals surface area (Å²) in [6.45, 7) is 0.276. The van der Waals surface area contributed by atoms with E-state index in [-0.39, 0.29) is 6.54 Å². The molecule has 0 aliphatic heterocycles. The summed E-state index contributed by atoms with van der Waals surface area (Å²) in [4.78, 5) is 8.10. The molecule has 0 saturated carbocycles. The highest BCUT2D eigenvalue weighted by molar-refractivity contribution is 14.1. The van der Waals surface area contributed by atoms with Crippen LogP contribution in [0.25, 0.3) is 0 Å². The van der Waals surface area contributed by atoms with Crippen LogP contribution in [0.2, 0.25) is 0 Å². The van der Waals surface area contributed by atoms with Crippen LogP contribution in [0.4, 0.5) is 10.3 Å². The van der Waals surface area contributed by atoms with Gasteiger partial charge in [0, 0.05) is 28.1 Å². The van der Waals surface area contributed by atoms with Crippen molar-refractivity contribution in [2.24, 2.45) is 0 Å². The van der Waals surface area contributed by atoms with E-state index in [9.17, 15) is 4.39 Å². The van der Waals surface area contributed by atoms with Gasteiger partial charge in [-0.1, -0.05) is 6.07 Å². The van der Waals surface area contributed by atoms with Crippen LogP contribution in [0, 0.1) is 20.7 Å². The number of nitrogens with zero attached hydrogens (tertiary/aromatic N) is 3. The molecule has 0 aliphatic carbocycles. The summed E-state index contributed by atoms with van der Waals surface area (Å²) in [6.07, 6.45) is 3.34. The van der Waals surface area contributed by atoms with E-state index in [0.29, 0.717) is 17.1 Å². The van der Waals surface area contributed by atoms with Gasteiger partial charge in [0.05, 0.1) is 11.6 Å². The number of anilines is 1. The second kappa shape index (κ2) is 5.73. The molecule has 0 saturated heterocycles. The zero-order valence-corrected chi connectivity index (χ0v) is 11.3. The lowest BCUT2D eigenvalue weighted by Gasteiger charge is -2.05. The average Bonchev–Trinajstić information content (AvgIpc) is 2.39. The number of nitriles is 1. The molecule has 0 bridgehead atoms. The third-order valence-electron chi connectivity index (χ3n) is 2.24. The largest absolute Gasteiger partial charge is 0.350 e. The van der Waals surface area contributed by atoms with Crippen molar-refractivity contribution >= 4 is 28.5 Å². The number of hydrogen-bond acceptors (Lipinski definition) is 4. The van der Waals surface area contributed by atoms with E-state index in [1.54, 1.807) is 24.5 Å². The number of nitrogens with one attached hydrogen (secondary N) is 1. The minimum atomic E-state index is -0.410. The Hall–Kier alpha value is -1.75. The van der Waals surface area contributed by atoms with E-state index < -0.39 is 5.82 Å². The smallest absolute Gasteiger partial charge is 0.222 e. The summed E-state index contributed by atoms with van der Waals surface area (Å²) in [5, 5.41) is 11.6. The fourth-order valence-corrected chi connectivity index (χ4v) is 1.62. The van der Waals surface area contributed by atoms with E-state index in [4.69, 9.17) is 5.26 Å². The van der Waals surface area contributed by atoms with E-state index in [2.05, 4.69) is 37.9 Å². The first-order valence-corrected chi connectivity index (χ1v) is 6.17. The molecule has 0 unspecified atom stereocenters. The molecule has 0 atom stereocenters. The molecule has 1 N–H and O–H groups in total. The van der Waals surface area contributed by atoms with Crippen molar-refractivity contribution in [2.75, 3.05) is 5.32 Å². The highest BCUT2D eigenvalue weighted by Crippen LogP contribution is 2.11. The number of hydrogen-bond donors (Lipinski definition) is 1. The Morgan fingerprint density at radius 2 is 2.06 bits per heavy atom. The van der Waals surface area contributed by atoms with Gasteiger partial charge in [0.15, 0.2) is 0 Å². The maximum absolute atomic E-state index is 13.6. The Balaban J connectivity index is 2.06. The van der Waals surface area contributed by atoms with Gasteiger partial charge in [-0.2, -0.15) is 5.26 Å². The molecule has 6 heteroatoms. The second-order valence-electron chi connectivity index (χ2n) is 3.50. The molecule has 4 nitrogen and oxygen atoms in total. The van der Waals surface area contributed by atoms with Crippen molar-refractivity contribution in [1.82, 2.24) is 9.97 Å². The maximum atomic E-state index is 13.6. The van der Waals surface area contributed by atoms with Crippen molar-refractivity contribution in [2.45, 2.75) is 6.54 Å². The van der Waals surface area contributed by atoms with Crippen LogP contribution < -0.4 is 5.32 Å². The predicted molar refractivity (Wildman–Crippen MR) is 73.2 cm³/mol. The Kier molecular flexibility index (Phi) is 4.04. The quantitative estimate of drug-likeness (QED) is 0.861. The van der Waals surface area contributed by atoms with Gasteiger partial charge in [0.1, 0.15) is 5.82 Å². The first-order chi connectivity index (χ1) is 8.69. The van der Waals surface area contributed by atoms with Crippen molar-refractivity contribution < 1.29 is 4.39 Å². The van der Waals surface area contributed by atoms with Gasteiger partial charge in [-0.3, -0.25) is 0 Å². The molecule has 0 amide bonds. The Morgan fingerprint density at radius 3 is 2.67 bits per heavy atom. The van der Waals surface area contributed by atoms with Crippen molar-refractivity contribution in [3.05, 3.63) is 51.1 Å². The molecule has 0 spiro atoms. The van der Waals surface area contributed by atoms with Crippen molar-refractivity contribution in [1.29, 1.82) is 5.26 Å². The second-order valence-corrected chi connectivity index (χ2v) is 4.74. The predicted octanol–water partition coefficient (Wildman–Crippen LogP) is 2.70. The fourth-order valence-electron chi connectivity index (χ4n) is 1.34. The van der Waals surface area contributed by atoms with Gasteiger partial charge in [0.2, 0.25) is 5.95 Å². The van der Waals surface area contributed by atoms with E-state index >= 15 is 0 Å². The van der Waals surface area contributed by atoms with Crippen LogP contribution in [0.5, 0.6) is 0 Å². The first kappa shape index (κ1) is 12.7. The maximum Gasteiger partial charge on any atom is 0.222 e. The molecular weight excluding hydrogens is 346 g/mol. The van der Waals surface area contributed by atoms with E-state index in [0.717, 1.165) is 3.57 Å². The normalized spacial score (nSPS) is 9.83. The third kappa shape index (κ3) is 3.13. The van der Waals surface area contributed by atoms with Gasteiger partial charge in [0.25, 0.3) is 0 Å². The molecule has 2 rings (SSSR count). The van der Waals surface area contributed by atoms with E-state index in [1.165, 1.54) is 6.07 Å². The molecule has 1 heterocycles. The lowest BCUT2D eigenvalue weighted by atomic mass is 10.1. The Labute approximate surface area is 117 Å². The van der Waals surface area contributed by atoms with Crippen molar-refractivity contribution in [3.63, 3.8) is 0 Å². The van der Waals surface area contributed by atoms with Gasteiger partial charge < -0.3 is 5.32 Å². The molecule has 90 valence electrons. The zero-order valence-electron chi connectivity index (χ0n) is 9.19. The monoisotopic (exact) mass is 354 g/mol. The molecule has 2 aromatic rings. The Bertz CT molecular complexity index is 592. The van der Waals surface area contributed by atoms with Crippen LogP contribution in [-0.2, 0) is 6.54 Å².